The second-order valence-electron chi connectivity index (χ2n) is 4.50. The Balaban J connectivity index is 2.09. The minimum absolute atomic E-state index is 0.0388. The van der Waals surface area contributed by atoms with Crippen molar-refractivity contribution in [3.05, 3.63) is 16.7 Å². The molecular formula is C10H13N5O5. The highest BCUT2D eigenvalue weighted by Gasteiger charge is 2.44. The van der Waals surface area contributed by atoms with Gasteiger partial charge in [-0.3, -0.25) is 14.3 Å². The van der Waals surface area contributed by atoms with Crippen molar-refractivity contribution in [3.63, 3.8) is 0 Å². The predicted molar refractivity (Wildman–Crippen MR) is 65.6 cm³/mol. The van der Waals surface area contributed by atoms with Crippen LogP contribution in [-0.2, 0) is 4.74 Å². The van der Waals surface area contributed by atoms with Crippen LogP contribution in [0.3, 0.4) is 0 Å². The van der Waals surface area contributed by atoms with E-state index in [1.807, 2.05) is 0 Å². The summed E-state index contributed by atoms with van der Waals surface area (Å²) in [5, 5.41) is 28.7. The van der Waals surface area contributed by atoms with Crippen LogP contribution in [0.1, 0.15) is 6.23 Å². The first kappa shape index (κ1) is 13.0. The molecule has 3 rings (SSSR count). The van der Waals surface area contributed by atoms with Crippen LogP contribution in [0.4, 0.5) is 5.95 Å². The van der Waals surface area contributed by atoms with Crippen LogP contribution in [0, 0.1) is 0 Å². The van der Waals surface area contributed by atoms with Gasteiger partial charge in [-0.2, -0.15) is 4.98 Å². The zero-order chi connectivity index (χ0) is 14.4. The van der Waals surface area contributed by atoms with Gasteiger partial charge in [-0.25, -0.2) is 4.98 Å². The van der Waals surface area contributed by atoms with Crippen molar-refractivity contribution >= 4 is 17.1 Å². The van der Waals surface area contributed by atoms with Gasteiger partial charge in [0.15, 0.2) is 17.4 Å². The number of aromatic nitrogens is 4. The fraction of sp³-hybridized carbons (Fsp3) is 0.500. The predicted octanol–water partition coefficient (Wildman–Crippen LogP) is -2.69. The molecule has 20 heavy (non-hydrogen) atoms. The normalized spacial score (nSPS) is 30.1. The highest BCUT2D eigenvalue weighted by molar-refractivity contribution is 5.70. The number of fused-ring (bicyclic) bond motifs is 1. The zero-order valence-electron chi connectivity index (χ0n) is 10.2. The number of aliphatic hydroxyl groups excluding tert-OH is 3. The molecule has 0 saturated carbocycles. The van der Waals surface area contributed by atoms with Gasteiger partial charge in [0.05, 0.1) is 12.9 Å². The van der Waals surface area contributed by atoms with E-state index >= 15 is 0 Å². The first-order valence-electron chi connectivity index (χ1n) is 5.87. The van der Waals surface area contributed by atoms with Crippen LogP contribution >= 0.6 is 0 Å². The maximum Gasteiger partial charge on any atom is 0.280 e. The summed E-state index contributed by atoms with van der Waals surface area (Å²) in [5.41, 5.74) is 5.12. The third kappa shape index (κ3) is 1.78. The molecule has 1 fully saturated rings. The van der Waals surface area contributed by atoms with E-state index in [1.54, 1.807) is 0 Å². The standard InChI is InChI=1S/C10H13N5O5/c11-10-13-7-4(8(19)14-10)12-2-15(7)9-6(18)5(17)3(1-16)20-9/h2-3,5-6,9,16-18H,1H2,(H3,11,13,14,19)/t3-,5+,6?,9-/m1/s1/i10+1,11+1,14+1. The summed E-state index contributed by atoms with van der Waals surface area (Å²) in [6, 6.07) is 0. The molecule has 3 heterocycles. The molecule has 0 amide bonds. The number of nitrogen functional groups attached to an aromatic ring is 1. The van der Waals surface area contributed by atoms with Gasteiger partial charge in [0.25, 0.3) is 5.56 Å². The largest absolute Gasteiger partial charge is 0.394 e. The number of aromatic amines is 1. The van der Waals surface area contributed by atoms with Crippen LogP contribution in [0.5, 0.6) is 0 Å². The van der Waals surface area contributed by atoms with Gasteiger partial charge >= 0.3 is 0 Å². The van der Waals surface area contributed by atoms with E-state index in [-0.39, 0.29) is 17.1 Å². The van der Waals surface area contributed by atoms with Crippen LogP contribution in [-0.4, -0.2) is 59.8 Å². The summed E-state index contributed by atoms with van der Waals surface area (Å²) >= 11 is 0. The summed E-state index contributed by atoms with van der Waals surface area (Å²) in [7, 11) is 0. The molecule has 4 atom stereocenters. The Hall–Kier alpha value is -2.01. The number of anilines is 1. The number of nitrogens with one attached hydrogen (secondary N) is 1. The van der Waals surface area contributed by atoms with E-state index in [0.717, 1.165) is 0 Å². The van der Waals surface area contributed by atoms with Gasteiger partial charge in [0.1, 0.15) is 18.3 Å². The zero-order valence-corrected chi connectivity index (χ0v) is 10.2. The topological polar surface area (TPSA) is 160 Å². The molecule has 1 aliphatic heterocycles. The van der Waals surface area contributed by atoms with Gasteiger partial charge in [0.2, 0.25) is 5.95 Å². The molecule has 2 aromatic heterocycles. The van der Waals surface area contributed by atoms with Gasteiger partial charge in [-0.1, -0.05) is 0 Å². The Labute approximate surface area is 111 Å². The number of hydrogen-bond acceptors (Lipinski definition) is 8. The molecule has 1 unspecified atom stereocenters. The molecule has 10 heteroatoms. The van der Waals surface area contributed by atoms with E-state index < -0.39 is 36.7 Å². The summed E-state index contributed by atoms with van der Waals surface area (Å²) in [6.45, 7) is -0.447. The molecule has 0 spiro atoms. The molecule has 1 saturated heterocycles. The quantitative estimate of drug-likeness (QED) is 0.373. The van der Waals surface area contributed by atoms with E-state index in [4.69, 9.17) is 15.6 Å². The third-order valence-corrected chi connectivity index (χ3v) is 3.24. The molecule has 0 bridgehead atoms. The molecule has 0 radical (unpaired) electrons. The number of aliphatic hydroxyl groups is 3. The smallest absolute Gasteiger partial charge is 0.280 e. The molecule has 0 aromatic carbocycles. The average Bonchev–Trinajstić information content (AvgIpc) is 2.93. The molecule has 2 aromatic rings. The maximum atomic E-state index is 11.7. The number of ether oxygens (including phenoxy) is 1. The van der Waals surface area contributed by atoms with Crippen molar-refractivity contribution in [2.24, 2.45) is 0 Å². The molecule has 10 nitrogen and oxygen atoms in total. The van der Waals surface area contributed by atoms with Crippen molar-refractivity contribution < 1.29 is 20.1 Å². The second kappa shape index (κ2) is 4.52. The number of hydrogen-bond donors (Lipinski definition) is 5. The Morgan fingerprint density at radius 1 is 1.45 bits per heavy atom. The van der Waals surface area contributed by atoms with E-state index in [0.29, 0.717) is 0 Å². The van der Waals surface area contributed by atoms with Crippen molar-refractivity contribution in [3.8, 4) is 0 Å². The fourth-order valence-electron chi connectivity index (χ4n) is 2.24. The van der Waals surface area contributed by atoms with Crippen molar-refractivity contribution in [2.75, 3.05) is 12.3 Å². The minimum atomic E-state index is -1.29. The average molecular weight is 286 g/mol. The number of H-pyrrole nitrogens is 1. The summed E-state index contributed by atoms with van der Waals surface area (Å²) in [5.74, 6) is -0.101. The molecule has 6 N–H and O–H groups in total. The van der Waals surface area contributed by atoms with Gasteiger partial charge in [-0.15, -0.1) is 0 Å². The van der Waals surface area contributed by atoms with Crippen LogP contribution in [0.25, 0.3) is 11.2 Å². The lowest BCUT2D eigenvalue weighted by atomic mass is 10.1. The van der Waals surface area contributed by atoms with Gasteiger partial charge in [-0.05, 0) is 0 Å². The Morgan fingerprint density at radius 3 is 2.85 bits per heavy atom. The highest BCUT2D eigenvalue weighted by atomic mass is 16.6. The van der Waals surface area contributed by atoms with Crippen LogP contribution < -0.4 is 11.3 Å². The van der Waals surface area contributed by atoms with E-state index in [9.17, 15) is 15.0 Å². The first-order valence-corrected chi connectivity index (χ1v) is 5.87. The van der Waals surface area contributed by atoms with Crippen LogP contribution in [0.2, 0.25) is 0 Å². The van der Waals surface area contributed by atoms with Crippen molar-refractivity contribution in [1.29, 1.82) is 0 Å². The minimum Gasteiger partial charge on any atom is -0.394 e. The molecule has 108 valence electrons. The number of nitrogens with zero attached hydrogens (tertiary/aromatic N) is 3. The lowest BCUT2D eigenvalue weighted by Crippen LogP contribution is -2.33. The number of imidazole rings is 1. The molecule has 1 aliphatic rings. The van der Waals surface area contributed by atoms with Crippen molar-refractivity contribution in [1.82, 2.24) is 19.5 Å². The second-order valence-corrected chi connectivity index (χ2v) is 4.50. The summed E-state index contributed by atoms with van der Waals surface area (Å²) < 4.78 is 6.64. The maximum absolute atomic E-state index is 11.7. The molecule has 0 aliphatic carbocycles. The third-order valence-electron chi connectivity index (χ3n) is 3.24. The van der Waals surface area contributed by atoms with E-state index in [2.05, 4.69) is 15.0 Å². The Kier molecular flexibility index (Phi) is 2.94. The fourth-order valence-corrected chi connectivity index (χ4v) is 2.24. The summed E-state index contributed by atoms with van der Waals surface area (Å²) in [6.07, 6.45) is -3.21. The Bertz CT molecular complexity index is 697. The SMILES string of the molecule is [15NH2][13c]1nc2c(ncn2[C@@H]2O[C@H](CO)[C@H](O)C2O)c(=O)[15nH]1. The van der Waals surface area contributed by atoms with E-state index in [1.165, 1.54) is 10.9 Å². The first-order chi connectivity index (χ1) is 9.52. The van der Waals surface area contributed by atoms with Crippen molar-refractivity contribution in [2.45, 2.75) is 24.5 Å². The summed E-state index contributed by atoms with van der Waals surface area (Å²) in [4.78, 5) is 21.8. The monoisotopic (exact) mass is 286 g/mol. The Morgan fingerprint density at radius 2 is 2.20 bits per heavy atom. The number of rotatable bonds is 2. The van der Waals surface area contributed by atoms with Gasteiger partial charge in [0, 0.05) is 0 Å². The van der Waals surface area contributed by atoms with Gasteiger partial charge < -0.3 is 25.8 Å². The molecular weight excluding hydrogens is 273 g/mol. The van der Waals surface area contributed by atoms with Crippen LogP contribution in [0.15, 0.2) is 11.1 Å². The lowest BCUT2D eigenvalue weighted by Gasteiger charge is -2.16. The number of nitrogens with two attached hydrogens (primary N) is 1. The highest BCUT2D eigenvalue weighted by Crippen LogP contribution is 2.30. The lowest BCUT2D eigenvalue weighted by molar-refractivity contribution is -0.0511.